The van der Waals surface area contributed by atoms with Gasteiger partial charge in [-0.25, -0.2) is 9.59 Å². The second-order valence-electron chi connectivity index (χ2n) is 7.60. The van der Waals surface area contributed by atoms with E-state index in [0.717, 1.165) is 5.56 Å². The maximum absolute atomic E-state index is 12.8. The third-order valence-corrected chi connectivity index (χ3v) is 5.53. The summed E-state index contributed by atoms with van der Waals surface area (Å²) in [5, 5.41) is 2.92. The Bertz CT molecular complexity index is 899. The summed E-state index contributed by atoms with van der Waals surface area (Å²) < 4.78 is 5.20. The number of ether oxygens (including phenoxy) is 1. The van der Waals surface area contributed by atoms with Gasteiger partial charge in [0.15, 0.2) is 0 Å². The molecule has 0 radical (unpaired) electrons. The number of rotatable bonds is 4. The largest absolute Gasteiger partial charge is 0.497 e. The molecule has 2 fully saturated rings. The van der Waals surface area contributed by atoms with Crippen molar-refractivity contribution in [2.45, 2.75) is 19.5 Å². The van der Waals surface area contributed by atoms with Crippen molar-refractivity contribution in [1.82, 2.24) is 14.7 Å². The van der Waals surface area contributed by atoms with Crippen molar-refractivity contribution in [2.75, 3.05) is 38.6 Å². The number of piperazine rings is 1. The van der Waals surface area contributed by atoms with Gasteiger partial charge in [0.2, 0.25) is 0 Å². The van der Waals surface area contributed by atoms with Gasteiger partial charge < -0.3 is 24.8 Å². The van der Waals surface area contributed by atoms with Crippen molar-refractivity contribution in [3.8, 4) is 5.75 Å². The molecule has 29 heavy (non-hydrogen) atoms. The summed E-state index contributed by atoms with van der Waals surface area (Å²) in [5.74, 6) is 0.695. The Hall–Kier alpha value is -3.22. The molecule has 4 amide bonds. The number of hydrogen-bond donors (Lipinski definition) is 1. The van der Waals surface area contributed by atoms with Gasteiger partial charge in [-0.2, -0.15) is 0 Å². The van der Waals surface area contributed by atoms with Gasteiger partial charge in [0.25, 0.3) is 0 Å². The van der Waals surface area contributed by atoms with E-state index in [1.54, 1.807) is 18.1 Å². The van der Waals surface area contributed by atoms with Crippen molar-refractivity contribution in [3.05, 3.63) is 59.7 Å². The van der Waals surface area contributed by atoms with Crippen LogP contribution >= 0.6 is 0 Å². The first-order chi connectivity index (χ1) is 14.0. The number of nitrogens with zero attached hydrogens (tertiary/aromatic N) is 3. The molecule has 2 saturated heterocycles. The smallest absolute Gasteiger partial charge is 0.321 e. The molecule has 2 aromatic carbocycles. The van der Waals surface area contributed by atoms with Crippen molar-refractivity contribution in [1.29, 1.82) is 0 Å². The first-order valence-corrected chi connectivity index (χ1v) is 9.84. The quantitative estimate of drug-likeness (QED) is 0.866. The standard InChI is InChI=1S/C22H26N4O3/c1-16-6-8-17(9-7-16)13-25-15-19-14-24(10-11-26(19)22(25)28)21(27)23-18-4-3-5-20(12-18)29-2/h3-9,12,19H,10-11,13-15H2,1-2H3,(H,23,27)/t19-/m1/s1. The highest BCUT2D eigenvalue weighted by Gasteiger charge is 2.41. The molecule has 0 aromatic heterocycles. The minimum absolute atomic E-state index is 0.0257. The number of methoxy groups -OCH3 is 1. The number of carbonyl (C=O) groups is 2. The first kappa shape index (κ1) is 19.1. The molecule has 2 aromatic rings. The molecule has 0 unspecified atom stereocenters. The summed E-state index contributed by atoms with van der Waals surface area (Å²) in [6, 6.07) is 15.5. The summed E-state index contributed by atoms with van der Waals surface area (Å²) >= 11 is 0. The molecule has 7 nitrogen and oxygen atoms in total. The lowest BCUT2D eigenvalue weighted by Crippen LogP contribution is -2.54. The Balaban J connectivity index is 1.37. The van der Waals surface area contributed by atoms with E-state index < -0.39 is 0 Å². The van der Waals surface area contributed by atoms with Crippen LogP contribution in [-0.2, 0) is 6.54 Å². The van der Waals surface area contributed by atoms with Crippen LogP contribution in [0.15, 0.2) is 48.5 Å². The lowest BCUT2D eigenvalue weighted by Gasteiger charge is -2.36. The van der Waals surface area contributed by atoms with E-state index in [-0.39, 0.29) is 18.1 Å². The molecule has 152 valence electrons. The molecule has 2 aliphatic heterocycles. The zero-order valence-electron chi connectivity index (χ0n) is 16.8. The van der Waals surface area contributed by atoms with Gasteiger partial charge in [-0.05, 0) is 24.6 Å². The Kier molecular flexibility index (Phi) is 5.29. The molecule has 7 heteroatoms. The van der Waals surface area contributed by atoms with Gasteiger partial charge in [0.05, 0.1) is 13.2 Å². The Morgan fingerprint density at radius 1 is 1.14 bits per heavy atom. The lowest BCUT2D eigenvalue weighted by atomic mass is 10.1. The maximum atomic E-state index is 12.8. The molecule has 0 saturated carbocycles. The van der Waals surface area contributed by atoms with Crippen molar-refractivity contribution >= 4 is 17.7 Å². The van der Waals surface area contributed by atoms with Crippen molar-refractivity contribution < 1.29 is 14.3 Å². The molecule has 1 atom stereocenters. The summed E-state index contributed by atoms with van der Waals surface area (Å²) in [7, 11) is 1.60. The van der Waals surface area contributed by atoms with Crippen LogP contribution in [0.2, 0.25) is 0 Å². The molecule has 2 heterocycles. The van der Waals surface area contributed by atoms with Gasteiger partial charge in [0, 0.05) is 44.5 Å². The van der Waals surface area contributed by atoms with Gasteiger partial charge in [0.1, 0.15) is 5.75 Å². The van der Waals surface area contributed by atoms with Gasteiger partial charge >= 0.3 is 12.1 Å². The summed E-state index contributed by atoms with van der Waals surface area (Å²) in [4.78, 5) is 31.0. The minimum atomic E-state index is -0.151. The molecular formula is C22H26N4O3. The van der Waals surface area contributed by atoms with Crippen LogP contribution in [0.3, 0.4) is 0 Å². The van der Waals surface area contributed by atoms with Crippen LogP contribution < -0.4 is 10.1 Å². The predicted octanol–water partition coefficient (Wildman–Crippen LogP) is 3.16. The van der Waals surface area contributed by atoms with E-state index in [0.29, 0.717) is 44.2 Å². The number of aryl methyl sites for hydroxylation is 1. The first-order valence-electron chi connectivity index (χ1n) is 9.84. The molecule has 0 bridgehead atoms. The zero-order valence-corrected chi connectivity index (χ0v) is 16.8. The second kappa shape index (κ2) is 8.03. The van der Waals surface area contributed by atoms with Crippen LogP contribution in [-0.4, -0.2) is 66.1 Å². The highest BCUT2D eigenvalue weighted by atomic mass is 16.5. The summed E-state index contributed by atoms with van der Waals surface area (Å²) in [5.41, 5.74) is 3.02. The van der Waals surface area contributed by atoms with Gasteiger partial charge in [-0.3, -0.25) is 0 Å². The monoisotopic (exact) mass is 394 g/mol. The van der Waals surface area contributed by atoms with E-state index in [2.05, 4.69) is 36.5 Å². The summed E-state index contributed by atoms with van der Waals surface area (Å²) in [6.07, 6.45) is 0. The number of fused-ring (bicyclic) bond motifs is 1. The SMILES string of the molecule is COc1cccc(NC(=O)N2CCN3C(=O)N(Cc4ccc(C)cc4)C[C@H]3C2)c1. The topological polar surface area (TPSA) is 65.1 Å². The Morgan fingerprint density at radius 3 is 2.69 bits per heavy atom. The molecule has 0 spiro atoms. The van der Waals surface area contributed by atoms with E-state index in [4.69, 9.17) is 4.74 Å². The number of benzene rings is 2. The normalized spacial score (nSPS) is 18.6. The zero-order chi connectivity index (χ0) is 20.4. The van der Waals surface area contributed by atoms with Crippen LogP contribution in [0.1, 0.15) is 11.1 Å². The third-order valence-electron chi connectivity index (χ3n) is 5.53. The molecule has 4 rings (SSSR count). The van der Waals surface area contributed by atoms with Crippen LogP contribution in [0.4, 0.5) is 15.3 Å². The van der Waals surface area contributed by atoms with Gasteiger partial charge in [-0.15, -0.1) is 0 Å². The summed E-state index contributed by atoms with van der Waals surface area (Å²) in [6.45, 7) is 4.90. The van der Waals surface area contributed by atoms with E-state index in [1.165, 1.54) is 5.56 Å². The molecule has 2 aliphatic rings. The number of anilines is 1. The van der Waals surface area contributed by atoms with E-state index in [1.807, 2.05) is 28.0 Å². The average Bonchev–Trinajstić information content (AvgIpc) is 3.04. The minimum Gasteiger partial charge on any atom is -0.497 e. The van der Waals surface area contributed by atoms with E-state index in [9.17, 15) is 9.59 Å². The number of hydrogen-bond acceptors (Lipinski definition) is 3. The Morgan fingerprint density at radius 2 is 1.93 bits per heavy atom. The van der Waals surface area contributed by atoms with Crippen molar-refractivity contribution in [3.63, 3.8) is 0 Å². The predicted molar refractivity (Wildman–Crippen MR) is 111 cm³/mol. The second-order valence-corrected chi connectivity index (χ2v) is 7.60. The fraction of sp³-hybridized carbons (Fsp3) is 0.364. The fourth-order valence-electron chi connectivity index (χ4n) is 3.91. The number of carbonyl (C=O) groups excluding carboxylic acids is 2. The number of urea groups is 2. The lowest BCUT2D eigenvalue weighted by molar-refractivity contribution is 0.135. The number of nitrogens with one attached hydrogen (secondary N) is 1. The maximum Gasteiger partial charge on any atom is 0.321 e. The van der Waals surface area contributed by atoms with Crippen LogP contribution in [0.25, 0.3) is 0 Å². The molecular weight excluding hydrogens is 368 g/mol. The third kappa shape index (κ3) is 4.13. The molecule has 1 N–H and O–H groups in total. The highest BCUT2D eigenvalue weighted by molar-refractivity contribution is 5.90. The van der Waals surface area contributed by atoms with Gasteiger partial charge in [-0.1, -0.05) is 35.9 Å². The molecule has 0 aliphatic carbocycles. The Labute approximate surface area is 170 Å². The fourth-order valence-corrected chi connectivity index (χ4v) is 3.91. The average molecular weight is 394 g/mol. The number of amides is 4. The van der Waals surface area contributed by atoms with Crippen LogP contribution in [0.5, 0.6) is 5.75 Å². The van der Waals surface area contributed by atoms with E-state index >= 15 is 0 Å². The highest BCUT2D eigenvalue weighted by Crippen LogP contribution is 2.24. The van der Waals surface area contributed by atoms with Crippen molar-refractivity contribution in [2.24, 2.45) is 0 Å². The van der Waals surface area contributed by atoms with Crippen LogP contribution in [0, 0.1) is 6.92 Å².